The zero-order valence-electron chi connectivity index (χ0n) is 10.0. The molecule has 0 rings (SSSR count). The molecule has 0 aromatic heterocycles. The lowest BCUT2D eigenvalue weighted by atomic mass is 10.1. The molecule has 7 nitrogen and oxygen atoms in total. The molecule has 0 unspecified atom stereocenters. The quantitative estimate of drug-likeness (QED) is 0.332. The Morgan fingerprint density at radius 2 is 1.83 bits per heavy atom. The van der Waals surface area contributed by atoms with E-state index in [1.807, 2.05) is 0 Å². The lowest BCUT2D eigenvalue weighted by Gasteiger charge is -2.07. The highest BCUT2D eigenvalue weighted by molar-refractivity contribution is 5.96. The number of carboxylic acids is 2. The Kier molecular flexibility index (Phi) is 7.37. The van der Waals surface area contributed by atoms with E-state index in [1.54, 1.807) is 0 Å². The summed E-state index contributed by atoms with van der Waals surface area (Å²) in [5, 5.41) is 19.5. The zero-order chi connectivity index (χ0) is 14.1. The summed E-state index contributed by atoms with van der Waals surface area (Å²) in [6.45, 7) is 3.69. The lowest BCUT2D eigenvalue weighted by Crippen LogP contribution is -2.30. The molecular formula is C11H18N2O5. The Bertz CT molecular complexity index is 340. The molecule has 0 fully saturated rings. The number of nitrogens with one attached hydrogen (secondary N) is 1. The molecule has 0 heterocycles. The maximum absolute atomic E-state index is 11.3. The maximum atomic E-state index is 11.3. The van der Waals surface area contributed by atoms with E-state index in [-0.39, 0.29) is 5.57 Å². The van der Waals surface area contributed by atoms with Crippen LogP contribution >= 0.6 is 0 Å². The summed E-state index contributed by atoms with van der Waals surface area (Å²) in [6.07, 6.45) is 1.09. The van der Waals surface area contributed by atoms with Crippen LogP contribution in [0, 0.1) is 0 Å². The van der Waals surface area contributed by atoms with Gasteiger partial charge < -0.3 is 21.3 Å². The average molecular weight is 258 g/mol. The smallest absolute Gasteiger partial charge is 0.320 e. The van der Waals surface area contributed by atoms with Crippen molar-refractivity contribution in [3.05, 3.63) is 12.2 Å². The predicted octanol–water partition coefficient (Wildman–Crippen LogP) is -0.284. The van der Waals surface area contributed by atoms with Crippen LogP contribution in [0.4, 0.5) is 0 Å². The van der Waals surface area contributed by atoms with Crippen LogP contribution in [0.2, 0.25) is 0 Å². The maximum Gasteiger partial charge on any atom is 0.320 e. The number of amides is 1. The molecule has 18 heavy (non-hydrogen) atoms. The fourth-order valence-corrected chi connectivity index (χ4v) is 1.20. The molecule has 1 atom stereocenters. The molecule has 0 aliphatic carbocycles. The largest absolute Gasteiger partial charge is 0.481 e. The SMILES string of the molecule is C=C(CC(=O)O)C(=O)NCCCC[C@H](N)C(=O)O. The number of nitrogens with two attached hydrogens (primary N) is 1. The van der Waals surface area contributed by atoms with Crippen LogP contribution < -0.4 is 11.1 Å². The van der Waals surface area contributed by atoms with Gasteiger partial charge in [-0.05, 0) is 19.3 Å². The van der Waals surface area contributed by atoms with Crippen molar-refractivity contribution in [2.24, 2.45) is 5.73 Å². The van der Waals surface area contributed by atoms with Crippen LogP contribution in [0.1, 0.15) is 25.7 Å². The summed E-state index contributed by atoms with van der Waals surface area (Å²) in [4.78, 5) is 32.0. The van der Waals surface area contributed by atoms with E-state index in [2.05, 4.69) is 11.9 Å². The molecule has 0 spiro atoms. The number of unbranched alkanes of at least 4 members (excludes halogenated alkanes) is 1. The number of carbonyl (C=O) groups is 3. The molecule has 0 aliphatic rings. The minimum absolute atomic E-state index is 0.00950. The number of carboxylic acid groups (broad SMARTS) is 2. The lowest BCUT2D eigenvalue weighted by molar-refractivity contribution is -0.139. The van der Waals surface area contributed by atoms with Crippen LogP contribution in [0.3, 0.4) is 0 Å². The third kappa shape index (κ3) is 7.39. The Balaban J connectivity index is 3.66. The number of aliphatic carboxylic acids is 2. The van der Waals surface area contributed by atoms with Crippen molar-refractivity contribution >= 4 is 17.8 Å². The Morgan fingerprint density at radius 1 is 1.22 bits per heavy atom. The Hall–Kier alpha value is -1.89. The van der Waals surface area contributed by atoms with Crippen LogP contribution in [-0.4, -0.2) is 40.6 Å². The van der Waals surface area contributed by atoms with Gasteiger partial charge in [0.1, 0.15) is 6.04 Å². The van der Waals surface area contributed by atoms with Gasteiger partial charge in [0.25, 0.3) is 0 Å². The molecule has 0 saturated heterocycles. The first kappa shape index (κ1) is 16.1. The second-order valence-electron chi connectivity index (χ2n) is 3.87. The van der Waals surface area contributed by atoms with E-state index >= 15 is 0 Å². The molecule has 102 valence electrons. The van der Waals surface area contributed by atoms with E-state index in [1.165, 1.54) is 0 Å². The molecule has 7 heteroatoms. The van der Waals surface area contributed by atoms with Crippen molar-refractivity contribution in [2.45, 2.75) is 31.7 Å². The number of hydrogen-bond acceptors (Lipinski definition) is 4. The molecule has 0 bridgehead atoms. The van der Waals surface area contributed by atoms with Gasteiger partial charge >= 0.3 is 11.9 Å². The molecule has 0 aromatic rings. The summed E-state index contributed by atoms with van der Waals surface area (Å²) in [7, 11) is 0. The highest BCUT2D eigenvalue weighted by Gasteiger charge is 2.11. The van der Waals surface area contributed by atoms with E-state index in [4.69, 9.17) is 15.9 Å². The molecule has 0 aromatic carbocycles. The normalized spacial score (nSPS) is 11.6. The van der Waals surface area contributed by atoms with Gasteiger partial charge in [0.05, 0.1) is 6.42 Å². The van der Waals surface area contributed by atoms with E-state index < -0.39 is 30.3 Å². The number of rotatable bonds is 9. The first-order valence-electron chi connectivity index (χ1n) is 5.50. The van der Waals surface area contributed by atoms with Gasteiger partial charge in [-0.1, -0.05) is 6.58 Å². The van der Waals surface area contributed by atoms with Crippen LogP contribution in [-0.2, 0) is 14.4 Å². The van der Waals surface area contributed by atoms with Crippen molar-refractivity contribution in [1.82, 2.24) is 5.32 Å². The summed E-state index contributed by atoms with van der Waals surface area (Å²) in [5.41, 5.74) is 5.29. The van der Waals surface area contributed by atoms with Crippen molar-refractivity contribution in [3.63, 3.8) is 0 Å². The standard InChI is InChI=1S/C11H18N2O5/c1-7(6-9(14)15)10(16)13-5-3-2-4-8(12)11(17)18/h8H,1-6,12H2,(H,13,16)(H,14,15)(H,17,18)/t8-/m0/s1. The van der Waals surface area contributed by atoms with Gasteiger partial charge in [-0.15, -0.1) is 0 Å². The molecule has 0 saturated carbocycles. The van der Waals surface area contributed by atoms with Crippen LogP contribution in [0.25, 0.3) is 0 Å². The fraction of sp³-hybridized carbons (Fsp3) is 0.545. The molecule has 1 amide bonds. The fourth-order valence-electron chi connectivity index (χ4n) is 1.20. The van der Waals surface area contributed by atoms with E-state index in [9.17, 15) is 14.4 Å². The Morgan fingerprint density at radius 3 is 2.33 bits per heavy atom. The van der Waals surface area contributed by atoms with Crippen molar-refractivity contribution in [3.8, 4) is 0 Å². The topological polar surface area (TPSA) is 130 Å². The van der Waals surface area contributed by atoms with Crippen molar-refractivity contribution in [1.29, 1.82) is 0 Å². The van der Waals surface area contributed by atoms with Crippen molar-refractivity contribution < 1.29 is 24.6 Å². The third-order valence-electron chi connectivity index (χ3n) is 2.23. The summed E-state index contributed by atoms with van der Waals surface area (Å²) in [6, 6.07) is -0.886. The molecule has 0 aliphatic heterocycles. The van der Waals surface area contributed by atoms with Gasteiger partial charge in [-0.25, -0.2) is 0 Å². The zero-order valence-corrected chi connectivity index (χ0v) is 10.0. The van der Waals surface area contributed by atoms with Gasteiger partial charge in [0.15, 0.2) is 0 Å². The summed E-state index contributed by atoms with van der Waals surface area (Å²) >= 11 is 0. The third-order valence-corrected chi connectivity index (χ3v) is 2.23. The van der Waals surface area contributed by atoms with Crippen LogP contribution in [0.15, 0.2) is 12.2 Å². The second kappa shape index (κ2) is 8.24. The number of hydrogen-bond donors (Lipinski definition) is 4. The first-order valence-corrected chi connectivity index (χ1v) is 5.50. The Labute approximate surface area is 105 Å². The second-order valence-corrected chi connectivity index (χ2v) is 3.87. The molecule has 0 radical (unpaired) electrons. The van der Waals surface area contributed by atoms with Gasteiger partial charge in [-0.2, -0.15) is 0 Å². The first-order chi connectivity index (χ1) is 8.34. The van der Waals surface area contributed by atoms with Crippen molar-refractivity contribution in [2.75, 3.05) is 6.54 Å². The number of carbonyl (C=O) groups excluding carboxylic acids is 1. The minimum Gasteiger partial charge on any atom is -0.481 e. The molecular weight excluding hydrogens is 240 g/mol. The van der Waals surface area contributed by atoms with Crippen LogP contribution in [0.5, 0.6) is 0 Å². The minimum atomic E-state index is -1.11. The van der Waals surface area contributed by atoms with E-state index in [0.29, 0.717) is 25.8 Å². The highest BCUT2D eigenvalue weighted by atomic mass is 16.4. The summed E-state index contributed by atoms with van der Waals surface area (Å²) in [5.74, 6) is -2.66. The predicted molar refractivity (Wildman–Crippen MR) is 63.9 cm³/mol. The van der Waals surface area contributed by atoms with Gasteiger partial charge in [0, 0.05) is 12.1 Å². The average Bonchev–Trinajstić information content (AvgIpc) is 2.26. The molecule has 5 N–H and O–H groups in total. The summed E-state index contributed by atoms with van der Waals surface area (Å²) < 4.78 is 0. The van der Waals surface area contributed by atoms with Gasteiger partial charge in [0.2, 0.25) is 5.91 Å². The highest BCUT2D eigenvalue weighted by Crippen LogP contribution is 2.00. The van der Waals surface area contributed by atoms with Gasteiger partial charge in [-0.3, -0.25) is 14.4 Å². The van der Waals surface area contributed by atoms with E-state index in [0.717, 1.165) is 0 Å². The monoisotopic (exact) mass is 258 g/mol.